The molecule has 0 aliphatic heterocycles. The van der Waals surface area contributed by atoms with Gasteiger partial charge in [0, 0.05) is 30.9 Å². The Morgan fingerprint density at radius 2 is 1.78 bits per heavy atom. The Labute approximate surface area is 109 Å². The number of hydrogen-bond acceptors (Lipinski definition) is 1. The van der Waals surface area contributed by atoms with Crippen LogP contribution in [0.3, 0.4) is 0 Å². The zero-order valence-corrected chi connectivity index (χ0v) is 11.5. The molecule has 96 valence electrons. The summed E-state index contributed by atoms with van der Waals surface area (Å²) in [4.78, 5) is 0. The molecule has 1 aromatic carbocycles. The van der Waals surface area contributed by atoms with Crippen LogP contribution in [0.2, 0.25) is 0 Å². The predicted molar refractivity (Wildman–Crippen MR) is 76.8 cm³/mol. The van der Waals surface area contributed by atoms with Gasteiger partial charge in [-0.1, -0.05) is 18.2 Å². The van der Waals surface area contributed by atoms with Crippen molar-refractivity contribution in [2.75, 3.05) is 0 Å². The minimum absolute atomic E-state index is 0.205. The third-order valence-corrected chi connectivity index (χ3v) is 3.43. The van der Waals surface area contributed by atoms with Crippen molar-refractivity contribution in [1.29, 1.82) is 0 Å². The number of hydrogen-bond donors (Lipinski definition) is 1. The molecule has 2 N–H and O–H groups in total. The van der Waals surface area contributed by atoms with Gasteiger partial charge >= 0.3 is 0 Å². The summed E-state index contributed by atoms with van der Waals surface area (Å²) in [5, 5.41) is 0. The molecular formula is C16H22N2. The van der Waals surface area contributed by atoms with Gasteiger partial charge in [0.05, 0.1) is 0 Å². The van der Waals surface area contributed by atoms with Crippen LogP contribution in [0, 0.1) is 13.8 Å². The van der Waals surface area contributed by atoms with Crippen LogP contribution < -0.4 is 5.73 Å². The Balaban J connectivity index is 2.26. The van der Waals surface area contributed by atoms with Crippen LogP contribution in [0.1, 0.15) is 29.3 Å². The van der Waals surface area contributed by atoms with Gasteiger partial charge in [-0.3, -0.25) is 0 Å². The Kier molecular flexibility index (Phi) is 3.87. The predicted octanol–water partition coefficient (Wildman–Crippen LogP) is 3.04. The first-order chi connectivity index (χ1) is 8.58. The molecule has 0 bridgehead atoms. The molecule has 0 fully saturated rings. The lowest BCUT2D eigenvalue weighted by atomic mass is 10.0. The molecule has 1 heterocycles. The van der Waals surface area contributed by atoms with Crippen LogP contribution in [0.25, 0.3) is 0 Å². The maximum atomic E-state index is 5.89. The summed E-state index contributed by atoms with van der Waals surface area (Å²) >= 11 is 0. The summed E-state index contributed by atoms with van der Waals surface area (Å²) in [7, 11) is 0. The lowest BCUT2D eigenvalue weighted by Gasteiger charge is -2.14. The highest BCUT2D eigenvalue weighted by Crippen LogP contribution is 2.16. The molecule has 1 aromatic heterocycles. The molecule has 2 nitrogen and oxygen atoms in total. The van der Waals surface area contributed by atoms with Crippen molar-refractivity contribution in [3.63, 3.8) is 0 Å². The quantitative estimate of drug-likeness (QED) is 0.877. The van der Waals surface area contributed by atoms with Crippen molar-refractivity contribution in [3.8, 4) is 0 Å². The Bertz CT molecular complexity index is 503. The lowest BCUT2D eigenvalue weighted by Crippen LogP contribution is -2.20. The van der Waals surface area contributed by atoms with Crippen LogP contribution in [0.5, 0.6) is 0 Å². The minimum Gasteiger partial charge on any atom is -0.347 e. The second-order valence-electron chi connectivity index (χ2n) is 5.18. The fourth-order valence-corrected chi connectivity index (χ4v) is 2.39. The second kappa shape index (κ2) is 5.40. The summed E-state index contributed by atoms with van der Waals surface area (Å²) in [5.74, 6) is 0. The number of rotatable bonds is 4. The molecule has 1 unspecified atom stereocenters. The highest BCUT2D eigenvalue weighted by Gasteiger charge is 2.07. The maximum absolute atomic E-state index is 5.89. The summed E-state index contributed by atoms with van der Waals surface area (Å²) in [6, 6.07) is 10.9. The van der Waals surface area contributed by atoms with Crippen molar-refractivity contribution in [3.05, 3.63) is 58.9 Å². The normalized spacial score (nSPS) is 12.7. The molecule has 2 heteroatoms. The van der Waals surface area contributed by atoms with E-state index in [1.165, 1.54) is 22.4 Å². The van der Waals surface area contributed by atoms with E-state index in [0.717, 1.165) is 13.0 Å². The molecule has 2 rings (SSSR count). The SMILES string of the molecule is Cc1cccc(C)c1Cn1cccc1CC(C)N. The van der Waals surface area contributed by atoms with E-state index in [1.54, 1.807) is 0 Å². The first-order valence-corrected chi connectivity index (χ1v) is 6.52. The molecule has 0 aliphatic rings. The van der Waals surface area contributed by atoms with Crippen LogP contribution >= 0.6 is 0 Å². The maximum Gasteiger partial charge on any atom is 0.0478 e. The summed E-state index contributed by atoms with van der Waals surface area (Å²) in [5.41, 5.74) is 11.3. The molecule has 2 aromatic rings. The van der Waals surface area contributed by atoms with Gasteiger partial charge in [-0.05, 0) is 49.6 Å². The van der Waals surface area contributed by atoms with Crippen molar-refractivity contribution >= 4 is 0 Å². The lowest BCUT2D eigenvalue weighted by molar-refractivity contribution is 0.664. The van der Waals surface area contributed by atoms with Gasteiger partial charge < -0.3 is 10.3 Å². The average Bonchev–Trinajstić information content (AvgIpc) is 2.70. The van der Waals surface area contributed by atoms with E-state index in [9.17, 15) is 0 Å². The van der Waals surface area contributed by atoms with Gasteiger partial charge in [-0.15, -0.1) is 0 Å². The minimum atomic E-state index is 0.205. The van der Waals surface area contributed by atoms with E-state index in [0.29, 0.717) is 0 Å². The van der Waals surface area contributed by atoms with Crippen LogP contribution in [-0.2, 0) is 13.0 Å². The van der Waals surface area contributed by atoms with Crippen molar-refractivity contribution in [2.45, 2.75) is 39.8 Å². The topological polar surface area (TPSA) is 30.9 Å². The molecule has 0 saturated heterocycles. The molecule has 1 atom stereocenters. The fraction of sp³-hybridized carbons (Fsp3) is 0.375. The second-order valence-corrected chi connectivity index (χ2v) is 5.18. The summed E-state index contributed by atoms with van der Waals surface area (Å²) in [6.07, 6.45) is 3.07. The van der Waals surface area contributed by atoms with Crippen LogP contribution in [-0.4, -0.2) is 10.6 Å². The van der Waals surface area contributed by atoms with Gasteiger partial charge in [-0.25, -0.2) is 0 Å². The van der Waals surface area contributed by atoms with Crippen LogP contribution in [0.15, 0.2) is 36.5 Å². The Morgan fingerprint density at radius 1 is 1.11 bits per heavy atom. The van der Waals surface area contributed by atoms with Gasteiger partial charge in [0.1, 0.15) is 0 Å². The molecule has 18 heavy (non-hydrogen) atoms. The highest BCUT2D eigenvalue weighted by atomic mass is 15.0. The zero-order chi connectivity index (χ0) is 13.1. The molecule has 0 saturated carbocycles. The highest BCUT2D eigenvalue weighted by molar-refractivity contribution is 5.34. The zero-order valence-electron chi connectivity index (χ0n) is 11.5. The van der Waals surface area contributed by atoms with E-state index in [1.807, 2.05) is 0 Å². The number of aryl methyl sites for hydroxylation is 2. The molecule has 0 aliphatic carbocycles. The molecule has 0 radical (unpaired) electrons. The molecular weight excluding hydrogens is 220 g/mol. The average molecular weight is 242 g/mol. The number of nitrogens with two attached hydrogens (primary N) is 1. The van der Waals surface area contributed by atoms with Crippen LogP contribution in [0.4, 0.5) is 0 Å². The number of nitrogens with zero attached hydrogens (tertiary/aromatic N) is 1. The van der Waals surface area contributed by atoms with E-state index >= 15 is 0 Å². The molecule has 0 spiro atoms. The van der Waals surface area contributed by atoms with Gasteiger partial charge in [0.2, 0.25) is 0 Å². The first-order valence-electron chi connectivity index (χ1n) is 6.52. The summed E-state index contributed by atoms with van der Waals surface area (Å²) in [6.45, 7) is 7.35. The smallest absolute Gasteiger partial charge is 0.0478 e. The van der Waals surface area contributed by atoms with Gasteiger partial charge in [0.25, 0.3) is 0 Å². The van der Waals surface area contributed by atoms with E-state index < -0.39 is 0 Å². The standard InChI is InChI=1S/C16H22N2/c1-12-6-4-7-13(2)16(12)11-18-9-5-8-15(18)10-14(3)17/h4-9,14H,10-11,17H2,1-3H3. The molecule has 0 amide bonds. The van der Waals surface area contributed by atoms with Gasteiger partial charge in [-0.2, -0.15) is 0 Å². The van der Waals surface area contributed by atoms with E-state index in [-0.39, 0.29) is 6.04 Å². The van der Waals surface area contributed by atoms with Gasteiger partial charge in [0.15, 0.2) is 0 Å². The van der Waals surface area contributed by atoms with E-state index in [2.05, 4.69) is 61.9 Å². The number of benzene rings is 1. The Hall–Kier alpha value is -1.54. The first kappa shape index (κ1) is 12.9. The third-order valence-electron chi connectivity index (χ3n) is 3.43. The fourth-order valence-electron chi connectivity index (χ4n) is 2.39. The third kappa shape index (κ3) is 2.82. The Morgan fingerprint density at radius 3 is 2.39 bits per heavy atom. The largest absolute Gasteiger partial charge is 0.347 e. The van der Waals surface area contributed by atoms with Crippen molar-refractivity contribution in [1.82, 2.24) is 4.57 Å². The number of aromatic nitrogens is 1. The monoisotopic (exact) mass is 242 g/mol. The van der Waals surface area contributed by atoms with Crippen molar-refractivity contribution < 1.29 is 0 Å². The van der Waals surface area contributed by atoms with E-state index in [4.69, 9.17) is 5.73 Å². The summed E-state index contributed by atoms with van der Waals surface area (Å²) < 4.78 is 2.30. The van der Waals surface area contributed by atoms with Crippen molar-refractivity contribution in [2.24, 2.45) is 5.73 Å².